The van der Waals surface area contributed by atoms with Crippen LogP contribution in [0.15, 0.2) is 96.1 Å². The Labute approximate surface area is 370 Å². The van der Waals surface area contributed by atoms with Gasteiger partial charge in [-0.1, -0.05) is 146 Å². The van der Waals surface area contributed by atoms with Crippen LogP contribution in [-0.2, 0) is 52.3 Å². The molecular weight excluding hydrogens is 776 g/mol. The number of hydrogen-bond donors (Lipinski definition) is 0. The van der Waals surface area contributed by atoms with E-state index in [2.05, 4.69) is 207 Å². The van der Waals surface area contributed by atoms with Gasteiger partial charge in [0.25, 0.3) is 0 Å². The summed E-state index contributed by atoms with van der Waals surface area (Å²) < 4.78 is 3.34. The summed E-state index contributed by atoms with van der Waals surface area (Å²) in [6.07, 6.45) is 12.8. The van der Waals surface area contributed by atoms with E-state index in [1.807, 2.05) is 24.3 Å². The average molecular weight is 846 g/mol. The monoisotopic (exact) mass is 844 g/mol. The topological polar surface area (TPSA) is 0 Å². The third kappa shape index (κ3) is 11.0. The molecule has 0 fully saturated rings. The number of allylic oxidation sites excluding steroid dienone is 8. The molecule has 306 valence electrons. The molecule has 0 amide bonds. The third-order valence-corrected chi connectivity index (χ3v) is 11.7. The van der Waals surface area contributed by atoms with E-state index >= 15 is 0 Å². The van der Waals surface area contributed by atoms with Crippen LogP contribution < -0.4 is 0 Å². The standard InChI is InChI=1S/C25H25.C11H17.2C10H13.CH2.Zr/c1-14-12-24(3,4)22-8-16-7-17-9-23-19(15(2)13-25(23,5)6)11-21(17)20(16)10-18(14)22;1-8-6-9(2)10(7-8)11(3,4)5;2*1-10(2,3)9-7-5-4-6-8-9;;/h8-12H,7H2,1-6H3;7-8H,1-5H3;2*5-8H,1-3H3;1H2;/q4*-1;;. The Balaban J connectivity index is 0.000000189. The van der Waals surface area contributed by atoms with Crippen LogP contribution in [0.1, 0.15) is 162 Å². The molecule has 58 heavy (non-hydrogen) atoms. The summed E-state index contributed by atoms with van der Waals surface area (Å²) in [5, 5.41) is 0. The molecule has 0 nitrogen and oxygen atoms in total. The van der Waals surface area contributed by atoms with Crippen LogP contribution in [0.5, 0.6) is 0 Å². The van der Waals surface area contributed by atoms with Crippen LogP contribution in [0.4, 0.5) is 0 Å². The van der Waals surface area contributed by atoms with Crippen molar-refractivity contribution in [3.8, 4) is 11.1 Å². The van der Waals surface area contributed by atoms with Crippen molar-refractivity contribution in [2.75, 3.05) is 0 Å². The molecule has 0 radical (unpaired) electrons. The Morgan fingerprint density at radius 1 is 0.603 bits per heavy atom. The number of rotatable bonds is 0. The van der Waals surface area contributed by atoms with Gasteiger partial charge in [-0.25, -0.2) is 11.1 Å². The van der Waals surface area contributed by atoms with Crippen molar-refractivity contribution < 1.29 is 24.2 Å². The molecule has 4 aliphatic rings. The van der Waals surface area contributed by atoms with Crippen LogP contribution in [0, 0.1) is 35.6 Å². The minimum absolute atomic E-state index is 0.0340. The van der Waals surface area contributed by atoms with E-state index in [-0.39, 0.29) is 21.7 Å². The number of fused-ring (bicyclic) bond motifs is 5. The van der Waals surface area contributed by atoms with E-state index in [0.717, 1.165) is 6.42 Å². The minimum atomic E-state index is 0.0340. The van der Waals surface area contributed by atoms with Crippen molar-refractivity contribution >= 4 is 15.4 Å². The molecule has 1 unspecified atom stereocenters. The molecule has 4 aromatic rings. The van der Waals surface area contributed by atoms with Crippen LogP contribution >= 0.6 is 0 Å². The fraction of sp³-hybridized carbons (Fsp3) is 0.421. The van der Waals surface area contributed by atoms with Crippen molar-refractivity contribution in [3.05, 3.63) is 165 Å². The zero-order valence-corrected chi connectivity index (χ0v) is 41.5. The van der Waals surface area contributed by atoms with E-state index < -0.39 is 0 Å². The molecule has 0 bridgehead atoms. The summed E-state index contributed by atoms with van der Waals surface area (Å²) in [7, 11) is 0. The van der Waals surface area contributed by atoms with Gasteiger partial charge < -0.3 is 0 Å². The van der Waals surface area contributed by atoms with Crippen molar-refractivity contribution in [3.63, 3.8) is 0 Å². The molecule has 4 aliphatic carbocycles. The second-order valence-corrected chi connectivity index (χ2v) is 20.7. The SMILES string of the molecule is CC(C)(C)c1cc[c-]cc1.CC(C)(C)c1cc[c-]cc1.CC1=[C-]C(C)(C)c2cc3c(cc21)-c1cc2c(cc1C3)C(C)(C)C=C2C.CC1=[C-]C(C)C=C1C(C)(C)C.[CH2]=[Zr]. The Bertz CT molecular complexity index is 2060. The fourth-order valence-corrected chi connectivity index (χ4v) is 8.70. The molecule has 1 atom stereocenters. The molecule has 0 heterocycles. The van der Waals surface area contributed by atoms with E-state index in [4.69, 9.17) is 0 Å². The third-order valence-electron chi connectivity index (χ3n) is 11.7. The van der Waals surface area contributed by atoms with E-state index in [0.29, 0.717) is 11.3 Å². The maximum absolute atomic E-state index is 3.65. The van der Waals surface area contributed by atoms with Gasteiger partial charge in [-0.3, -0.25) is 12.2 Å². The average Bonchev–Trinajstić information content (AvgIpc) is 3.82. The Morgan fingerprint density at radius 3 is 1.43 bits per heavy atom. The molecule has 0 N–H and O–H groups in total. The normalized spacial score (nSPS) is 17.6. The predicted molar refractivity (Wildman–Crippen MR) is 251 cm³/mol. The van der Waals surface area contributed by atoms with Crippen LogP contribution in [0.3, 0.4) is 0 Å². The van der Waals surface area contributed by atoms with Crippen molar-refractivity contribution in [1.82, 2.24) is 0 Å². The van der Waals surface area contributed by atoms with Gasteiger partial charge in [0.15, 0.2) is 0 Å². The summed E-state index contributed by atoms with van der Waals surface area (Å²) in [6, 6.07) is 32.1. The van der Waals surface area contributed by atoms with Gasteiger partial charge in [-0.05, 0) is 69.2 Å². The van der Waals surface area contributed by atoms with Gasteiger partial charge in [0.05, 0.1) is 0 Å². The molecule has 4 aromatic carbocycles. The summed E-state index contributed by atoms with van der Waals surface area (Å²) in [4.78, 5) is 0. The molecule has 0 aromatic heterocycles. The molecule has 0 saturated carbocycles. The molecule has 1 heteroatoms. The van der Waals surface area contributed by atoms with Gasteiger partial charge >= 0.3 is 28.4 Å². The summed E-state index contributed by atoms with van der Waals surface area (Å²) in [5.74, 6) is 0.518. The Morgan fingerprint density at radius 2 is 1.05 bits per heavy atom. The molecular formula is C57H70Zr-4. The first-order chi connectivity index (χ1) is 26.8. The van der Waals surface area contributed by atoms with Crippen LogP contribution in [0.2, 0.25) is 0 Å². The Hall–Kier alpha value is -3.41. The predicted octanol–water partition coefficient (Wildman–Crippen LogP) is 15.3. The quantitative estimate of drug-likeness (QED) is 0.136. The molecule has 0 spiro atoms. The summed E-state index contributed by atoms with van der Waals surface area (Å²) in [6.45, 7) is 38.0. The Kier molecular flexibility index (Phi) is 14.7. The van der Waals surface area contributed by atoms with Gasteiger partial charge in [0, 0.05) is 5.41 Å². The molecule has 0 aliphatic heterocycles. The number of benzene rings is 4. The van der Waals surface area contributed by atoms with Crippen LogP contribution in [-0.4, -0.2) is 4.21 Å². The van der Waals surface area contributed by atoms with Crippen molar-refractivity contribution in [2.45, 2.75) is 146 Å². The van der Waals surface area contributed by atoms with Crippen molar-refractivity contribution in [2.24, 2.45) is 11.3 Å². The van der Waals surface area contributed by atoms with E-state index in [9.17, 15) is 0 Å². The second kappa shape index (κ2) is 18.1. The van der Waals surface area contributed by atoms with Gasteiger partial charge in [-0.2, -0.15) is 89.0 Å². The first-order valence-corrected chi connectivity index (χ1v) is 22.8. The summed E-state index contributed by atoms with van der Waals surface area (Å²) >= 11 is 1.30. The van der Waals surface area contributed by atoms with E-state index in [1.54, 1.807) is 0 Å². The number of hydrogen-bond acceptors (Lipinski definition) is 0. The fourth-order valence-electron chi connectivity index (χ4n) is 8.70. The molecule has 0 saturated heterocycles. The summed E-state index contributed by atoms with van der Waals surface area (Å²) in [5.41, 5.74) is 20.9. The van der Waals surface area contributed by atoms with E-state index in [1.165, 1.54) is 102 Å². The van der Waals surface area contributed by atoms with Gasteiger partial charge in [0.1, 0.15) is 0 Å². The zero-order chi connectivity index (χ0) is 43.6. The first-order valence-electron chi connectivity index (χ1n) is 21.1. The first kappa shape index (κ1) is 47.3. The maximum atomic E-state index is 3.65. The second-order valence-electron chi connectivity index (χ2n) is 20.7. The van der Waals surface area contributed by atoms with Crippen molar-refractivity contribution in [1.29, 1.82) is 0 Å². The van der Waals surface area contributed by atoms with Crippen LogP contribution in [0.25, 0.3) is 22.3 Å². The van der Waals surface area contributed by atoms with Gasteiger partial charge in [-0.15, -0.1) is 11.6 Å². The zero-order valence-electron chi connectivity index (χ0n) is 39.1. The molecule has 8 rings (SSSR count). The van der Waals surface area contributed by atoms with Gasteiger partial charge in [0.2, 0.25) is 0 Å².